The molecule has 1 aliphatic heterocycles. The van der Waals surface area contributed by atoms with E-state index in [2.05, 4.69) is 10.6 Å². The number of likely N-dealkylation sites (N-methyl/N-ethyl adjacent to an activating group) is 1. The Bertz CT molecular complexity index is 801. The Hall–Kier alpha value is -2.46. The van der Waals surface area contributed by atoms with Gasteiger partial charge in [-0.1, -0.05) is 6.42 Å². The first-order chi connectivity index (χ1) is 13.3. The second-order valence-corrected chi connectivity index (χ2v) is 8.23. The second-order valence-electron chi connectivity index (χ2n) is 6.30. The van der Waals surface area contributed by atoms with Crippen LogP contribution in [0.1, 0.15) is 36.5 Å². The number of hydrogen-bond acceptors (Lipinski definition) is 6. The van der Waals surface area contributed by atoms with Gasteiger partial charge in [-0.3, -0.25) is 9.59 Å². The van der Waals surface area contributed by atoms with Crippen molar-refractivity contribution in [3.63, 3.8) is 0 Å². The van der Waals surface area contributed by atoms with Gasteiger partial charge in [0, 0.05) is 19.6 Å². The van der Waals surface area contributed by atoms with Crippen molar-refractivity contribution in [2.45, 2.75) is 31.1 Å². The molecule has 2 N–H and O–H groups in total. The highest BCUT2D eigenvalue weighted by molar-refractivity contribution is 7.89. The molecule has 0 radical (unpaired) electrons. The number of carbonyl (C=O) groups is 3. The summed E-state index contributed by atoms with van der Waals surface area (Å²) in [5, 5.41) is 4.85. The number of nitrogens with zero attached hydrogens (tertiary/aromatic N) is 1. The first-order valence-electron chi connectivity index (χ1n) is 9.15. The third kappa shape index (κ3) is 6.03. The first-order valence-corrected chi connectivity index (χ1v) is 10.6. The Kier molecular flexibility index (Phi) is 7.94. The summed E-state index contributed by atoms with van der Waals surface area (Å²) in [4.78, 5) is 35.0. The summed E-state index contributed by atoms with van der Waals surface area (Å²) >= 11 is 0. The predicted octanol–water partition coefficient (Wildman–Crippen LogP) is 0.270. The molecular weight excluding hydrogens is 386 g/mol. The number of nitrogens with one attached hydrogen (secondary N) is 2. The lowest BCUT2D eigenvalue weighted by atomic mass is 10.2. The van der Waals surface area contributed by atoms with Gasteiger partial charge in [0.15, 0.2) is 6.61 Å². The van der Waals surface area contributed by atoms with E-state index in [-0.39, 0.29) is 22.9 Å². The Balaban J connectivity index is 1.87. The maximum atomic E-state index is 12.6. The van der Waals surface area contributed by atoms with Gasteiger partial charge in [-0.15, -0.1) is 0 Å². The van der Waals surface area contributed by atoms with Crippen molar-refractivity contribution in [1.29, 1.82) is 0 Å². The monoisotopic (exact) mass is 411 g/mol. The standard InChI is InChI=1S/C18H25N3O6S/c1-2-19-16(22)12-20-17(23)13-27-18(24)14-6-8-15(9-7-14)28(25,26)21-10-4-3-5-11-21/h6-9H,2-5,10-13H2,1H3,(H,19,22)(H,20,23). The minimum atomic E-state index is -3.57. The van der Waals surface area contributed by atoms with Crippen LogP contribution >= 0.6 is 0 Å². The van der Waals surface area contributed by atoms with Crippen LogP contribution < -0.4 is 10.6 Å². The molecular formula is C18H25N3O6S. The van der Waals surface area contributed by atoms with Crippen LogP contribution in [0.5, 0.6) is 0 Å². The van der Waals surface area contributed by atoms with Crippen molar-refractivity contribution in [3.8, 4) is 0 Å². The van der Waals surface area contributed by atoms with E-state index in [1.54, 1.807) is 6.92 Å². The fourth-order valence-electron chi connectivity index (χ4n) is 2.72. The van der Waals surface area contributed by atoms with Crippen molar-refractivity contribution in [2.75, 3.05) is 32.8 Å². The molecule has 1 heterocycles. The van der Waals surface area contributed by atoms with Gasteiger partial charge in [-0.25, -0.2) is 13.2 Å². The number of benzene rings is 1. The predicted molar refractivity (Wildman–Crippen MR) is 101 cm³/mol. The molecule has 1 saturated heterocycles. The average Bonchev–Trinajstić information content (AvgIpc) is 2.71. The smallest absolute Gasteiger partial charge is 0.338 e. The number of sulfonamides is 1. The highest BCUT2D eigenvalue weighted by Crippen LogP contribution is 2.21. The van der Waals surface area contributed by atoms with Gasteiger partial charge in [0.05, 0.1) is 17.0 Å². The van der Waals surface area contributed by atoms with Gasteiger partial charge in [0.25, 0.3) is 5.91 Å². The van der Waals surface area contributed by atoms with Crippen LogP contribution in [0.4, 0.5) is 0 Å². The third-order valence-electron chi connectivity index (χ3n) is 4.20. The molecule has 0 spiro atoms. The maximum Gasteiger partial charge on any atom is 0.338 e. The van der Waals surface area contributed by atoms with Crippen LogP contribution in [0.3, 0.4) is 0 Å². The van der Waals surface area contributed by atoms with Crippen molar-refractivity contribution in [2.24, 2.45) is 0 Å². The summed E-state index contributed by atoms with van der Waals surface area (Å²) in [6, 6.07) is 5.42. The minimum absolute atomic E-state index is 0.116. The van der Waals surface area contributed by atoms with Crippen LogP contribution in [-0.4, -0.2) is 63.3 Å². The third-order valence-corrected chi connectivity index (χ3v) is 6.11. The molecule has 9 nitrogen and oxygen atoms in total. The van der Waals surface area contributed by atoms with E-state index in [4.69, 9.17) is 4.74 Å². The molecule has 0 saturated carbocycles. The van der Waals surface area contributed by atoms with Gasteiger partial charge in [0.2, 0.25) is 15.9 Å². The number of amides is 2. The second kappa shape index (κ2) is 10.2. The van der Waals surface area contributed by atoms with Gasteiger partial charge in [0.1, 0.15) is 0 Å². The van der Waals surface area contributed by atoms with Crippen LogP contribution in [-0.2, 0) is 24.3 Å². The molecule has 2 rings (SSSR count). The Morgan fingerprint density at radius 1 is 1.00 bits per heavy atom. The van der Waals surface area contributed by atoms with Crippen LogP contribution in [0.25, 0.3) is 0 Å². The van der Waals surface area contributed by atoms with Crippen molar-refractivity contribution >= 4 is 27.8 Å². The molecule has 0 bridgehead atoms. The van der Waals surface area contributed by atoms with Crippen LogP contribution in [0.2, 0.25) is 0 Å². The summed E-state index contributed by atoms with van der Waals surface area (Å²) < 4.78 is 31.5. The Morgan fingerprint density at radius 3 is 2.25 bits per heavy atom. The normalized spacial score (nSPS) is 14.9. The van der Waals surface area contributed by atoms with E-state index in [0.29, 0.717) is 19.6 Å². The van der Waals surface area contributed by atoms with Gasteiger partial charge < -0.3 is 15.4 Å². The number of hydrogen-bond donors (Lipinski definition) is 2. The van der Waals surface area contributed by atoms with E-state index in [9.17, 15) is 22.8 Å². The molecule has 1 aromatic carbocycles. The zero-order valence-electron chi connectivity index (χ0n) is 15.8. The molecule has 2 amide bonds. The van der Waals surface area contributed by atoms with Crippen molar-refractivity contribution < 1.29 is 27.5 Å². The SMILES string of the molecule is CCNC(=O)CNC(=O)COC(=O)c1ccc(S(=O)(=O)N2CCCCC2)cc1. The molecule has 0 unspecified atom stereocenters. The molecule has 28 heavy (non-hydrogen) atoms. The number of ether oxygens (including phenoxy) is 1. The van der Waals surface area contributed by atoms with Crippen molar-refractivity contribution in [3.05, 3.63) is 29.8 Å². The van der Waals surface area contributed by atoms with E-state index in [1.807, 2.05) is 0 Å². The fraction of sp³-hybridized carbons (Fsp3) is 0.500. The van der Waals surface area contributed by atoms with Crippen LogP contribution in [0, 0.1) is 0 Å². The highest BCUT2D eigenvalue weighted by Gasteiger charge is 2.26. The number of carbonyl (C=O) groups excluding carboxylic acids is 3. The van der Waals surface area contributed by atoms with E-state index in [1.165, 1.54) is 28.6 Å². The zero-order chi connectivity index (χ0) is 20.6. The van der Waals surface area contributed by atoms with Gasteiger partial charge in [-0.2, -0.15) is 4.31 Å². The summed E-state index contributed by atoms with van der Waals surface area (Å²) in [6.45, 7) is 2.46. The zero-order valence-corrected chi connectivity index (χ0v) is 16.6. The quantitative estimate of drug-likeness (QED) is 0.592. The Labute approximate surface area is 164 Å². The van der Waals surface area contributed by atoms with Gasteiger partial charge >= 0.3 is 5.97 Å². The van der Waals surface area contributed by atoms with Crippen LogP contribution in [0.15, 0.2) is 29.2 Å². The molecule has 10 heteroatoms. The fourth-order valence-corrected chi connectivity index (χ4v) is 4.24. The maximum absolute atomic E-state index is 12.6. The number of rotatable bonds is 8. The largest absolute Gasteiger partial charge is 0.452 e. The van der Waals surface area contributed by atoms with Gasteiger partial charge in [-0.05, 0) is 44.0 Å². The van der Waals surface area contributed by atoms with E-state index in [0.717, 1.165) is 19.3 Å². The topological polar surface area (TPSA) is 122 Å². The summed E-state index contributed by atoms with van der Waals surface area (Å²) in [6.07, 6.45) is 2.70. The molecule has 1 aromatic rings. The molecule has 1 fully saturated rings. The number of esters is 1. The summed E-state index contributed by atoms with van der Waals surface area (Å²) in [5.74, 6) is -1.70. The molecule has 0 aromatic heterocycles. The highest BCUT2D eigenvalue weighted by atomic mass is 32.2. The molecule has 1 aliphatic rings. The molecule has 0 aliphatic carbocycles. The number of piperidine rings is 1. The van der Waals surface area contributed by atoms with E-state index < -0.39 is 28.5 Å². The lowest BCUT2D eigenvalue weighted by Gasteiger charge is -2.25. The summed E-state index contributed by atoms with van der Waals surface area (Å²) in [5.41, 5.74) is 0.133. The lowest BCUT2D eigenvalue weighted by Crippen LogP contribution is -2.38. The summed E-state index contributed by atoms with van der Waals surface area (Å²) in [7, 11) is -3.57. The minimum Gasteiger partial charge on any atom is -0.452 e. The average molecular weight is 411 g/mol. The molecule has 154 valence electrons. The lowest BCUT2D eigenvalue weighted by molar-refractivity contribution is -0.127. The van der Waals surface area contributed by atoms with E-state index >= 15 is 0 Å². The molecule has 0 atom stereocenters. The Morgan fingerprint density at radius 2 is 1.64 bits per heavy atom. The van der Waals surface area contributed by atoms with Crippen molar-refractivity contribution in [1.82, 2.24) is 14.9 Å². The first kappa shape index (κ1) is 21.8.